The van der Waals surface area contributed by atoms with Gasteiger partial charge in [0, 0.05) is 13.1 Å². The minimum atomic E-state index is 0.0477. The molecule has 2 amide bonds. The first-order chi connectivity index (χ1) is 26.0. The lowest BCUT2D eigenvalue weighted by molar-refractivity contribution is -0.124. The van der Waals surface area contributed by atoms with Crippen molar-refractivity contribution in [3.8, 4) is 0 Å². The van der Waals surface area contributed by atoms with Gasteiger partial charge in [-0.1, -0.05) is 176 Å². The van der Waals surface area contributed by atoms with E-state index in [9.17, 15) is 9.59 Å². The molecule has 0 fully saturated rings. The van der Waals surface area contributed by atoms with E-state index >= 15 is 0 Å². The number of amides is 2. The van der Waals surface area contributed by atoms with Gasteiger partial charge < -0.3 is 9.80 Å². The van der Waals surface area contributed by atoms with Gasteiger partial charge in [0.25, 0.3) is 11.8 Å². The molecule has 4 nitrogen and oxygen atoms in total. The van der Waals surface area contributed by atoms with Gasteiger partial charge >= 0.3 is 0 Å². The number of rotatable bonds is 29. The maximum absolute atomic E-state index is 14.9. The molecule has 53 heavy (non-hydrogen) atoms. The van der Waals surface area contributed by atoms with Crippen LogP contribution in [0.5, 0.6) is 0 Å². The highest BCUT2D eigenvalue weighted by Gasteiger charge is 2.49. The molecule has 298 valence electrons. The summed E-state index contributed by atoms with van der Waals surface area (Å²) >= 11 is 3.32. The van der Waals surface area contributed by atoms with Gasteiger partial charge in [-0.15, -0.1) is 22.7 Å². The number of carbonyl (C=O) groups excluding carboxylic acids is 2. The van der Waals surface area contributed by atoms with Gasteiger partial charge in [0.05, 0.1) is 32.3 Å². The van der Waals surface area contributed by atoms with Gasteiger partial charge in [0.15, 0.2) is 0 Å². The van der Waals surface area contributed by atoms with Crippen LogP contribution in [-0.4, -0.2) is 34.7 Å². The van der Waals surface area contributed by atoms with E-state index in [1.165, 1.54) is 122 Å². The summed E-state index contributed by atoms with van der Waals surface area (Å²) in [5, 5.41) is 4.18. The molecule has 0 bridgehead atoms. The third-order valence-electron chi connectivity index (χ3n) is 11.2. The number of hydrogen-bond donors (Lipinski definition) is 0. The molecule has 0 radical (unpaired) electrons. The summed E-state index contributed by atoms with van der Waals surface area (Å²) in [6, 6.07) is 8.37. The van der Waals surface area contributed by atoms with E-state index < -0.39 is 0 Å². The monoisotopic (exact) mass is 765 g/mol. The Labute approximate surface area is 333 Å². The van der Waals surface area contributed by atoms with Crippen molar-refractivity contribution in [3.05, 3.63) is 55.9 Å². The fourth-order valence-corrected chi connectivity index (χ4v) is 9.79. The third kappa shape index (κ3) is 13.8. The van der Waals surface area contributed by atoms with E-state index in [0.717, 1.165) is 46.8 Å². The zero-order valence-corrected chi connectivity index (χ0v) is 36.5. The fourth-order valence-electron chi connectivity index (χ4n) is 8.22. The van der Waals surface area contributed by atoms with Crippen LogP contribution in [0.1, 0.15) is 199 Å². The Hall–Kier alpha value is -2.18. The van der Waals surface area contributed by atoms with Gasteiger partial charge in [-0.2, -0.15) is 0 Å². The van der Waals surface area contributed by atoms with Crippen molar-refractivity contribution < 1.29 is 9.59 Å². The second kappa shape index (κ2) is 26.6. The number of thiophene rings is 2. The summed E-state index contributed by atoms with van der Waals surface area (Å²) < 4.78 is 0. The van der Waals surface area contributed by atoms with Crippen LogP contribution < -0.4 is 0 Å². The summed E-state index contributed by atoms with van der Waals surface area (Å²) in [7, 11) is 0. The molecule has 2 aliphatic heterocycles. The van der Waals surface area contributed by atoms with Crippen LogP contribution >= 0.6 is 22.7 Å². The van der Waals surface area contributed by atoms with Gasteiger partial charge in [0.1, 0.15) is 0 Å². The smallest absolute Gasteiger partial charge is 0.261 e. The second-order valence-electron chi connectivity index (χ2n) is 15.4. The minimum absolute atomic E-state index is 0.0477. The Morgan fingerprint density at radius 2 is 0.774 bits per heavy atom. The Morgan fingerprint density at radius 1 is 0.472 bits per heavy atom. The van der Waals surface area contributed by atoms with Crippen molar-refractivity contribution >= 4 is 45.9 Å². The SMILES string of the molecule is CC.CCCCCCCCC(CCCCC)CN1C(=O)C2=C(c3cccs3)N(CC(CCCCCC)CCCCCCCC)C(=O)C2=C1c1cccs1. The predicted molar refractivity (Wildman–Crippen MR) is 233 cm³/mol. The van der Waals surface area contributed by atoms with Crippen molar-refractivity contribution in [1.29, 1.82) is 0 Å². The molecule has 0 spiro atoms. The number of fused-ring (bicyclic) bond motifs is 1. The summed E-state index contributed by atoms with van der Waals surface area (Å²) in [4.78, 5) is 36.0. The number of nitrogens with zero attached hydrogens (tertiary/aromatic N) is 2. The Kier molecular flexibility index (Phi) is 22.7. The van der Waals surface area contributed by atoms with Crippen LogP contribution in [0.15, 0.2) is 46.2 Å². The van der Waals surface area contributed by atoms with Gasteiger partial charge in [-0.05, 0) is 60.4 Å². The molecule has 2 atom stereocenters. The lowest BCUT2D eigenvalue weighted by Gasteiger charge is -2.29. The van der Waals surface area contributed by atoms with E-state index in [-0.39, 0.29) is 11.8 Å². The highest BCUT2D eigenvalue weighted by molar-refractivity contribution is 7.11. The highest BCUT2D eigenvalue weighted by Crippen LogP contribution is 2.49. The molecule has 0 aliphatic carbocycles. The Balaban J connectivity index is 0.00000372. The average Bonchev–Trinajstić information content (AvgIpc) is 3.99. The summed E-state index contributed by atoms with van der Waals surface area (Å²) in [5.41, 5.74) is 3.10. The van der Waals surface area contributed by atoms with Gasteiger partial charge in [-0.3, -0.25) is 9.59 Å². The van der Waals surface area contributed by atoms with Crippen molar-refractivity contribution in [2.75, 3.05) is 13.1 Å². The summed E-state index contributed by atoms with van der Waals surface area (Å²) in [6.07, 6.45) is 28.7. The molecule has 0 N–H and O–H groups in total. The molecule has 4 heterocycles. The van der Waals surface area contributed by atoms with Crippen LogP contribution in [0.3, 0.4) is 0 Å². The molecule has 6 heteroatoms. The summed E-state index contributed by atoms with van der Waals surface area (Å²) in [6.45, 7) is 14.5. The first-order valence-corrected chi connectivity index (χ1v) is 24.0. The van der Waals surface area contributed by atoms with Crippen LogP contribution in [0.2, 0.25) is 0 Å². The molecule has 4 rings (SSSR count). The average molecular weight is 765 g/mol. The maximum Gasteiger partial charge on any atom is 0.261 e. The van der Waals surface area contributed by atoms with Crippen molar-refractivity contribution in [2.45, 2.75) is 189 Å². The summed E-state index contributed by atoms with van der Waals surface area (Å²) in [5.74, 6) is 0.991. The van der Waals surface area contributed by atoms with E-state index in [4.69, 9.17) is 0 Å². The van der Waals surface area contributed by atoms with Crippen LogP contribution in [0.4, 0.5) is 0 Å². The lowest BCUT2D eigenvalue weighted by Crippen LogP contribution is -2.34. The normalized spacial score (nSPS) is 15.4. The number of carbonyl (C=O) groups is 2. The molecule has 2 unspecified atom stereocenters. The van der Waals surface area contributed by atoms with Crippen molar-refractivity contribution in [3.63, 3.8) is 0 Å². The molecular weight excluding hydrogens is 689 g/mol. The largest absolute Gasteiger partial charge is 0.306 e. The molecule has 2 aliphatic rings. The van der Waals surface area contributed by atoms with Crippen LogP contribution in [-0.2, 0) is 9.59 Å². The lowest BCUT2D eigenvalue weighted by atomic mass is 9.93. The quantitative estimate of drug-likeness (QED) is 0.0774. The highest BCUT2D eigenvalue weighted by atomic mass is 32.1. The Morgan fingerprint density at radius 3 is 1.11 bits per heavy atom. The fraction of sp³-hybridized carbons (Fsp3) is 0.702. The van der Waals surface area contributed by atoms with Gasteiger partial charge in [0.2, 0.25) is 0 Å². The number of unbranched alkanes of at least 4 members (excludes halogenated alkanes) is 15. The standard InChI is InChI=1S/C45H70N2O2S2.C2H6/c1-5-9-13-16-18-22-28-36(26-20-12-8-4)34-46-42(38-30-24-32-50-38)40-41(44(46)48)43(39-31-25-33-51-39)47(45(40)49)35-37(27-21-15-11-7-3)29-23-19-17-14-10-6-2;1-2/h24-25,30-33,36-37H,5-23,26-29,34-35H2,1-4H3;1-2H3. The Bertz CT molecular complexity index is 1340. The first-order valence-electron chi connectivity index (χ1n) is 22.3. The van der Waals surface area contributed by atoms with Crippen molar-refractivity contribution in [2.24, 2.45) is 11.8 Å². The zero-order chi connectivity index (χ0) is 38.3. The molecular formula is C47H76N2O2S2. The minimum Gasteiger partial charge on any atom is -0.306 e. The van der Waals surface area contributed by atoms with Crippen LogP contribution in [0, 0.1) is 11.8 Å². The molecule has 2 aromatic rings. The predicted octanol–water partition coefficient (Wildman–Crippen LogP) is 14.9. The maximum atomic E-state index is 14.9. The topological polar surface area (TPSA) is 40.6 Å². The van der Waals surface area contributed by atoms with E-state index in [2.05, 4.69) is 67.6 Å². The number of hydrogen-bond acceptors (Lipinski definition) is 4. The second-order valence-corrected chi connectivity index (χ2v) is 17.3. The molecule has 0 saturated carbocycles. The molecule has 0 saturated heterocycles. The molecule has 0 aromatic carbocycles. The van der Waals surface area contributed by atoms with Crippen molar-refractivity contribution in [1.82, 2.24) is 9.80 Å². The van der Waals surface area contributed by atoms with E-state index in [1.807, 2.05) is 18.7 Å². The third-order valence-corrected chi connectivity index (χ3v) is 12.9. The van der Waals surface area contributed by atoms with Crippen LogP contribution in [0.25, 0.3) is 11.4 Å². The van der Waals surface area contributed by atoms with E-state index in [0.29, 0.717) is 36.1 Å². The van der Waals surface area contributed by atoms with Gasteiger partial charge in [-0.25, -0.2) is 0 Å². The first kappa shape index (κ1) is 45.2. The van der Waals surface area contributed by atoms with E-state index in [1.54, 1.807) is 22.7 Å². The zero-order valence-electron chi connectivity index (χ0n) is 34.8. The molecule has 2 aromatic heterocycles.